The average molecular weight is 422 g/mol. The van der Waals surface area contributed by atoms with Crippen molar-refractivity contribution >= 4 is 33.4 Å². The molecule has 0 aliphatic heterocycles. The first-order valence-corrected chi connectivity index (χ1v) is 10.5. The van der Waals surface area contributed by atoms with E-state index in [1.165, 1.54) is 0 Å². The van der Waals surface area contributed by atoms with Crippen LogP contribution in [0.3, 0.4) is 0 Å². The van der Waals surface area contributed by atoms with Crippen LogP contribution in [0.2, 0.25) is 0 Å². The number of amides is 1. The molecule has 0 spiro atoms. The maximum Gasteiger partial charge on any atom is 0.255 e. The van der Waals surface area contributed by atoms with E-state index < -0.39 is 0 Å². The lowest BCUT2D eigenvalue weighted by Crippen LogP contribution is -2.12. The SMILES string of the molecule is CCOc1ccc(C(=O)Nc2cc3nn(-c4cccc5ccccc45)nc3cc2C)cc1. The Balaban J connectivity index is 1.46. The first-order chi connectivity index (χ1) is 15.6. The number of aryl methyl sites for hydroxylation is 1. The van der Waals surface area contributed by atoms with Gasteiger partial charge in [-0.3, -0.25) is 4.79 Å². The van der Waals surface area contributed by atoms with E-state index in [0.717, 1.165) is 33.3 Å². The maximum atomic E-state index is 12.8. The van der Waals surface area contributed by atoms with Crippen molar-refractivity contribution in [3.63, 3.8) is 0 Å². The molecule has 0 bridgehead atoms. The van der Waals surface area contributed by atoms with Gasteiger partial charge >= 0.3 is 0 Å². The second-order valence-corrected chi connectivity index (χ2v) is 7.56. The summed E-state index contributed by atoms with van der Waals surface area (Å²) in [4.78, 5) is 14.4. The van der Waals surface area contributed by atoms with Crippen molar-refractivity contribution in [1.82, 2.24) is 15.0 Å². The zero-order valence-corrected chi connectivity index (χ0v) is 17.9. The standard InChI is InChI=1S/C26H22N4O2/c1-3-32-20-13-11-19(12-14-20)26(31)27-22-16-24-23(15-17(22)2)28-30(29-24)25-10-6-8-18-7-4-5-9-21(18)25/h4-16H,3H2,1-2H3,(H,27,31). The zero-order valence-electron chi connectivity index (χ0n) is 17.9. The number of nitrogens with one attached hydrogen (secondary N) is 1. The van der Waals surface area contributed by atoms with Crippen LogP contribution >= 0.6 is 0 Å². The number of aromatic nitrogens is 3. The first kappa shape index (κ1) is 19.8. The van der Waals surface area contributed by atoms with Crippen LogP contribution in [0.25, 0.3) is 27.5 Å². The average Bonchev–Trinajstić information content (AvgIpc) is 3.22. The highest BCUT2D eigenvalue weighted by Crippen LogP contribution is 2.25. The summed E-state index contributed by atoms with van der Waals surface area (Å²) in [6.45, 7) is 4.46. The Morgan fingerprint density at radius 3 is 2.44 bits per heavy atom. The molecule has 0 unspecified atom stereocenters. The molecule has 1 aromatic heterocycles. The van der Waals surface area contributed by atoms with Crippen LogP contribution in [0.4, 0.5) is 5.69 Å². The lowest BCUT2D eigenvalue weighted by Gasteiger charge is -2.09. The minimum atomic E-state index is -0.183. The van der Waals surface area contributed by atoms with Crippen molar-refractivity contribution in [3.05, 3.63) is 90.0 Å². The van der Waals surface area contributed by atoms with Crippen LogP contribution in [-0.4, -0.2) is 27.5 Å². The Morgan fingerprint density at radius 1 is 0.938 bits per heavy atom. The molecule has 1 heterocycles. The number of hydrogen-bond donors (Lipinski definition) is 1. The van der Waals surface area contributed by atoms with E-state index in [1.807, 2.05) is 50.2 Å². The van der Waals surface area contributed by atoms with Crippen molar-refractivity contribution in [1.29, 1.82) is 0 Å². The van der Waals surface area contributed by atoms with Crippen LogP contribution in [-0.2, 0) is 0 Å². The summed E-state index contributed by atoms with van der Waals surface area (Å²) in [6.07, 6.45) is 0. The molecule has 32 heavy (non-hydrogen) atoms. The first-order valence-electron chi connectivity index (χ1n) is 10.5. The molecule has 5 rings (SSSR count). The van der Waals surface area contributed by atoms with Gasteiger partial charge in [0.05, 0.1) is 12.3 Å². The minimum absolute atomic E-state index is 0.183. The molecule has 0 aliphatic rings. The van der Waals surface area contributed by atoms with Gasteiger partial charge in [-0.2, -0.15) is 0 Å². The number of anilines is 1. The lowest BCUT2D eigenvalue weighted by atomic mass is 10.1. The Morgan fingerprint density at radius 2 is 1.66 bits per heavy atom. The zero-order chi connectivity index (χ0) is 22.1. The predicted octanol–water partition coefficient (Wildman–Crippen LogP) is 5.53. The van der Waals surface area contributed by atoms with Crippen LogP contribution in [0.1, 0.15) is 22.8 Å². The Kier molecular flexibility index (Phi) is 5.03. The highest BCUT2D eigenvalue weighted by molar-refractivity contribution is 6.05. The summed E-state index contributed by atoms with van der Waals surface area (Å²) in [7, 11) is 0. The minimum Gasteiger partial charge on any atom is -0.494 e. The van der Waals surface area contributed by atoms with Crippen LogP contribution in [0.5, 0.6) is 5.75 Å². The van der Waals surface area contributed by atoms with Crippen LogP contribution in [0, 0.1) is 6.92 Å². The molecule has 0 fully saturated rings. The number of nitrogens with zero attached hydrogens (tertiary/aromatic N) is 3. The van der Waals surface area contributed by atoms with Gasteiger partial charge in [-0.1, -0.05) is 36.4 Å². The summed E-state index contributed by atoms with van der Waals surface area (Å²) in [5.41, 5.74) is 4.59. The molecule has 4 aromatic carbocycles. The lowest BCUT2D eigenvalue weighted by molar-refractivity contribution is 0.102. The molecule has 6 heteroatoms. The molecule has 0 saturated heterocycles. The quantitative estimate of drug-likeness (QED) is 0.404. The smallest absolute Gasteiger partial charge is 0.255 e. The van der Waals surface area contributed by atoms with E-state index in [4.69, 9.17) is 4.74 Å². The van der Waals surface area contributed by atoms with Crippen molar-refractivity contribution in [3.8, 4) is 11.4 Å². The summed E-state index contributed by atoms with van der Waals surface area (Å²) in [5.74, 6) is 0.559. The van der Waals surface area contributed by atoms with Crippen LogP contribution in [0.15, 0.2) is 78.9 Å². The number of carbonyl (C=O) groups is 1. The third-order valence-electron chi connectivity index (χ3n) is 5.38. The molecule has 0 saturated carbocycles. The van der Waals surface area contributed by atoms with E-state index in [0.29, 0.717) is 23.4 Å². The number of rotatable bonds is 5. The van der Waals surface area contributed by atoms with E-state index in [9.17, 15) is 4.79 Å². The molecule has 5 aromatic rings. The summed E-state index contributed by atoms with van der Waals surface area (Å²) in [6, 6.07) is 25.1. The highest BCUT2D eigenvalue weighted by atomic mass is 16.5. The van der Waals surface area contributed by atoms with Gasteiger partial charge in [0.25, 0.3) is 5.91 Å². The van der Waals surface area contributed by atoms with E-state index >= 15 is 0 Å². The van der Waals surface area contributed by atoms with Crippen molar-refractivity contribution in [2.45, 2.75) is 13.8 Å². The molecule has 1 N–H and O–H groups in total. The number of hydrogen-bond acceptors (Lipinski definition) is 4. The van der Waals surface area contributed by atoms with Gasteiger partial charge < -0.3 is 10.1 Å². The van der Waals surface area contributed by atoms with Gasteiger partial charge in [0.2, 0.25) is 0 Å². The fourth-order valence-electron chi connectivity index (χ4n) is 3.76. The van der Waals surface area contributed by atoms with Gasteiger partial charge in [-0.05, 0) is 67.3 Å². The maximum absolute atomic E-state index is 12.8. The van der Waals surface area contributed by atoms with Gasteiger partial charge in [-0.25, -0.2) is 0 Å². The fourth-order valence-corrected chi connectivity index (χ4v) is 3.76. The van der Waals surface area contributed by atoms with E-state index in [1.54, 1.807) is 29.1 Å². The number of carbonyl (C=O) groups excluding carboxylic acids is 1. The molecule has 1 amide bonds. The van der Waals surface area contributed by atoms with Crippen molar-refractivity contribution < 1.29 is 9.53 Å². The molecular weight excluding hydrogens is 400 g/mol. The number of fused-ring (bicyclic) bond motifs is 2. The fraction of sp³-hybridized carbons (Fsp3) is 0.115. The highest BCUT2D eigenvalue weighted by Gasteiger charge is 2.13. The van der Waals surface area contributed by atoms with Crippen molar-refractivity contribution in [2.75, 3.05) is 11.9 Å². The monoisotopic (exact) mass is 422 g/mol. The predicted molar refractivity (Wildman–Crippen MR) is 127 cm³/mol. The van der Waals surface area contributed by atoms with Crippen molar-refractivity contribution in [2.24, 2.45) is 0 Å². The normalized spacial score (nSPS) is 11.1. The molecule has 6 nitrogen and oxygen atoms in total. The Hall–Kier alpha value is -4.19. The summed E-state index contributed by atoms with van der Waals surface area (Å²) < 4.78 is 5.44. The molecular formula is C26H22N4O2. The van der Waals surface area contributed by atoms with E-state index in [-0.39, 0.29) is 5.91 Å². The van der Waals surface area contributed by atoms with Gasteiger partial charge in [0, 0.05) is 16.6 Å². The summed E-state index contributed by atoms with van der Waals surface area (Å²) >= 11 is 0. The molecule has 0 atom stereocenters. The number of benzene rings is 4. The van der Waals surface area contributed by atoms with Crippen LogP contribution < -0.4 is 10.1 Å². The third-order valence-corrected chi connectivity index (χ3v) is 5.38. The Labute approximate surface area is 185 Å². The second kappa shape index (κ2) is 8.15. The topological polar surface area (TPSA) is 69.0 Å². The third kappa shape index (κ3) is 3.67. The van der Waals surface area contributed by atoms with E-state index in [2.05, 4.69) is 33.7 Å². The van der Waals surface area contributed by atoms with Gasteiger partial charge in [-0.15, -0.1) is 15.0 Å². The largest absolute Gasteiger partial charge is 0.494 e. The molecule has 0 radical (unpaired) electrons. The van der Waals surface area contributed by atoms with Gasteiger partial charge in [0.1, 0.15) is 16.8 Å². The summed E-state index contributed by atoms with van der Waals surface area (Å²) in [5, 5.41) is 14.6. The molecule has 0 aliphatic carbocycles. The van der Waals surface area contributed by atoms with Gasteiger partial charge in [0.15, 0.2) is 0 Å². The second-order valence-electron chi connectivity index (χ2n) is 7.56. The molecule has 158 valence electrons. The Bertz CT molecular complexity index is 1430. The number of ether oxygens (including phenoxy) is 1.